The first-order valence-electron chi connectivity index (χ1n) is 6.44. The maximum Gasteiger partial charge on any atom is 0.0637 e. The zero-order valence-corrected chi connectivity index (χ0v) is 11.1. The van der Waals surface area contributed by atoms with Crippen molar-refractivity contribution in [2.75, 3.05) is 11.9 Å². The van der Waals surface area contributed by atoms with Crippen LogP contribution in [0.4, 0.5) is 5.69 Å². The minimum atomic E-state index is 0.0414. The highest BCUT2D eigenvalue weighted by molar-refractivity contribution is 6.33. The molecule has 3 heteroatoms. The average molecular weight is 253 g/mol. The molecule has 3 N–H and O–H groups in total. The average Bonchev–Trinajstić information content (AvgIpc) is 2.75. The van der Waals surface area contributed by atoms with Crippen molar-refractivity contribution in [3.8, 4) is 0 Å². The Hall–Kier alpha value is -0.730. The summed E-state index contributed by atoms with van der Waals surface area (Å²) in [6.45, 7) is 2.92. The molecule has 0 spiro atoms. The van der Waals surface area contributed by atoms with Crippen molar-refractivity contribution in [1.82, 2.24) is 0 Å². The summed E-state index contributed by atoms with van der Waals surface area (Å²) in [6.07, 6.45) is 4.85. The molecule has 1 saturated carbocycles. The van der Waals surface area contributed by atoms with Gasteiger partial charge in [-0.25, -0.2) is 0 Å². The van der Waals surface area contributed by atoms with Crippen LogP contribution in [0.15, 0.2) is 24.3 Å². The Kier molecular flexibility index (Phi) is 3.95. The lowest BCUT2D eigenvalue weighted by atomic mass is 9.85. The third-order valence-corrected chi connectivity index (χ3v) is 4.40. The van der Waals surface area contributed by atoms with Gasteiger partial charge in [-0.3, -0.25) is 0 Å². The van der Waals surface area contributed by atoms with Crippen LogP contribution in [0.5, 0.6) is 0 Å². The molecular formula is C14H21ClN2. The van der Waals surface area contributed by atoms with Crippen LogP contribution in [0.1, 0.15) is 32.6 Å². The number of halogens is 1. The standard InChI is InChI=1S/C14H21ClN2/c1-2-11-6-5-9-14(11,10-16)17-13-8-4-3-7-12(13)15/h3-4,7-8,11,17H,2,5-6,9-10,16H2,1H3. The fraction of sp³-hybridized carbons (Fsp3) is 0.571. The molecule has 1 aliphatic carbocycles. The van der Waals surface area contributed by atoms with Crippen LogP contribution >= 0.6 is 11.6 Å². The lowest BCUT2D eigenvalue weighted by Gasteiger charge is -2.36. The monoisotopic (exact) mass is 252 g/mol. The molecular weight excluding hydrogens is 232 g/mol. The van der Waals surface area contributed by atoms with Crippen molar-refractivity contribution < 1.29 is 0 Å². The molecule has 0 aliphatic heterocycles. The molecule has 0 aromatic heterocycles. The fourth-order valence-corrected chi connectivity index (χ4v) is 3.24. The van der Waals surface area contributed by atoms with E-state index >= 15 is 0 Å². The van der Waals surface area contributed by atoms with E-state index in [1.807, 2.05) is 24.3 Å². The quantitative estimate of drug-likeness (QED) is 0.858. The predicted octanol–water partition coefficient (Wildman–Crippen LogP) is 3.66. The maximum atomic E-state index is 6.21. The number of rotatable bonds is 4. The summed E-state index contributed by atoms with van der Waals surface area (Å²) in [5, 5.41) is 4.40. The van der Waals surface area contributed by atoms with Gasteiger partial charge >= 0.3 is 0 Å². The molecule has 2 rings (SSSR count). The van der Waals surface area contributed by atoms with Crippen molar-refractivity contribution in [3.63, 3.8) is 0 Å². The van der Waals surface area contributed by atoms with E-state index in [0.717, 1.165) is 17.1 Å². The van der Waals surface area contributed by atoms with Crippen LogP contribution in [0.3, 0.4) is 0 Å². The predicted molar refractivity (Wildman–Crippen MR) is 74.5 cm³/mol. The number of hydrogen-bond acceptors (Lipinski definition) is 2. The number of benzene rings is 1. The van der Waals surface area contributed by atoms with Gasteiger partial charge in [0, 0.05) is 6.54 Å². The summed E-state index contributed by atoms with van der Waals surface area (Å²) in [5.74, 6) is 0.656. The van der Waals surface area contributed by atoms with Crippen LogP contribution in [0.25, 0.3) is 0 Å². The number of nitrogens with one attached hydrogen (secondary N) is 1. The zero-order valence-electron chi connectivity index (χ0n) is 10.4. The molecule has 0 heterocycles. The molecule has 2 nitrogen and oxygen atoms in total. The van der Waals surface area contributed by atoms with Crippen LogP contribution in [0.2, 0.25) is 5.02 Å². The van der Waals surface area contributed by atoms with E-state index in [-0.39, 0.29) is 5.54 Å². The first-order valence-corrected chi connectivity index (χ1v) is 6.82. The molecule has 0 bridgehead atoms. The van der Waals surface area contributed by atoms with Crippen LogP contribution in [-0.4, -0.2) is 12.1 Å². The molecule has 17 heavy (non-hydrogen) atoms. The van der Waals surface area contributed by atoms with Gasteiger partial charge in [-0.1, -0.05) is 43.5 Å². The van der Waals surface area contributed by atoms with Gasteiger partial charge in [-0.15, -0.1) is 0 Å². The number of hydrogen-bond donors (Lipinski definition) is 2. The van der Waals surface area contributed by atoms with E-state index in [0.29, 0.717) is 12.5 Å². The normalized spacial score (nSPS) is 28.3. The highest BCUT2D eigenvalue weighted by Gasteiger charge is 2.40. The molecule has 2 atom stereocenters. The molecule has 2 unspecified atom stereocenters. The van der Waals surface area contributed by atoms with Crippen molar-refractivity contribution in [1.29, 1.82) is 0 Å². The summed E-state index contributed by atoms with van der Waals surface area (Å²) in [4.78, 5) is 0. The van der Waals surface area contributed by atoms with Crippen molar-refractivity contribution in [2.45, 2.75) is 38.1 Å². The topological polar surface area (TPSA) is 38.0 Å². The van der Waals surface area contributed by atoms with Gasteiger partial charge in [0.15, 0.2) is 0 Å². The minimum Gasteiger partial charge on any atom is -0.377 e. The third-order valence-electron chi connectivity index (χ3n) is 4.07. The van der Waals surface area contributed by atoms with Gasteiger partial charge in [0.1, 0.15) is 0 Å². The molecule has 1 aliphatic rings. The molecule has 0 saturated heterocycles. The van der Waals surface area contributed by atoms with Gasteiger partial charge < -0.3 is 11.1 Å². The number of para-hydroxylation sites is 1. The third kappa shape index (κ3) is 2.43. The molecule has 1 fully saturated rings. The van der Waals surface area contributed by atoms with Crippen molar-refractivity contribution in [3.05, 3.63) is 29.3 Å². The largest absolute Gasteiger partial charge is 0.377 e. The lowest BCUT2D eigenvalue weighted by molar-refractivity contribution is 0.346. The first-order chi connectivity index (χ1) is 8.22. The minimum absolute atomic E-state index is 0.0414. The summed E-state index contributed by atoms with van der Waals surface area (Å²) in [5.41, 5.74) is 7.08. The second-order valence-electron chi connectivity index (χ2n) is 4.96. The first kappa shape index (κ1) is 12.7. The summed E-state index contributed by atoms with van der Waals surface area (Å²) in [6, 6.07) is 7.91. The second kappa shape index (κ2) is 5.28. The fourth-order valence-electron chi connectivity index (χ4n) is 3.05. The molecule has 1 aromatic carbocycles. The maximum absolute atomic E-state index is 6.21. The Morgan fingerprint density at radius 3 is 2.88 bits per heavy atom. The van der Waals surface area contributed by atoms with Crippen LogP contribution in [0, 0.1) is 5.92 Å². The highest BCUT2D eigenvalue weighted by Crippen LogP contribution is 2.40. The Bertz CT molecular complexity index is 380. The van der Waals surface area contributed by atoms with E-state index in [2.05, 4.69) is 12.2 Å². The van der Waals surface area contributed by atoms with Gasteiger partial charge in [0.2, 0.25) is 0 Å². The van der Waals surface area contributed by atoms with Crippen molar-refractivity contribution in [2.24, 2.45) is 11.7 Å². The van der Waals surface area contributed by atoms with Crippen LogP contribution in [-0.2, 0) is 0 Å². The lowest BCUT2D eigenvalue weighted by Crippen LogP contribution is -2.48. The van der Waals surface area contributed by atoms with E-state index < -0.39 is 0 Å². The zero-order chi connectivity index (χ0) is 12.3. The number of anilines is 1. The summed E-state index contributed by atoms with van der Waals surface area (Å²) < 4.78 is 0. The Balaban J connectivity index is 2.23. The van der Waals surface area contributed by atoms with Gasteiger partial charge in [0.25, 0.3) is 0 Å². The molecule has 0 radical (unpaired) electrons. The highest BCUT2D eigenvalue weighted by atomic mass is 35.5. The Morgan fingerprint density at radius 1 is 1.47 bits per heavy atom. The molecule has 94 valence electrons. The van der Waals surface area contributed by atoms with E-state index in [1.54, 1.807) is 0 Å². The van der Waals surface area contributed by atoms with Crippen LogP contribution < -0.4 is 11.1 Å². The van der Waals surface area contributed by atoms with Gasteiger partial charge in [0.05, 0.1) is 16.2 Å². The van der Waals surface area contributed by atoms with E-state index in [9.17, 15) is 0 Å². The Labute approximate surface area is 109 Å². The smallest absolute Gasteiger partial charge is 0.0637 e. The summed E-state index contributed by atoms with van der Waals surface area (Å²) >= 11 is 6.21. The van der Waals surface area contributed by atoms with Crippen molar-refractivity contribution >= 4 is 17.3 Å². The SMILES string of the molecule is CCC1CCCC1(CN)Nc1ccccc1Cl. The number of nitrogens with two attached hydrogens (primary N) is 1. The Morgan fingerprint density at radius 2 is 2.24 bits per heavy atom. The van der Waals surface area contributed by atoms with E-state index in [1.165, 1.54) is 19.3 Å². The summed E-state index contributed by atoms with van der Waals surface area (Å²) in [7, 11) is 0. The molecule has 1 aromatic rings. The van der Waals surface area contributed by atoms with Gasteiger partial charge in [-0.2, -0.15) is 0 Å². The van der Waals surface area contributed by atoms with E-state index in [4.69, 9.17) is 17.3 Å². The molecule has 0 amide bonds. The second-order valence-corrected chi connectivity index (χ2v) is 5.37. The van der Waals surface area contributed by atoms with Gasteiger partial charge in [-0.05, 0) is 30.9 Å².